The van der Waals surface area contributed by atoms with Gasteiger partial charge in [0.2, 0.25) is 11.9 Å². The van der Waals surface area contributed by atoms with Gasteiger partial charge in [-0.1, -0.05) is 6.92 Å². The molecule has 0 spiro atoms. The Morgan fingerprint density at radius 2 is 1.90 bits per heavy atom. The van der Waals surface area contributed by atoms with Crippen molar-refractivity contribution in [3.63, 3.8) is 0 Å². The summed E-state index contributed by atoms with van der Waals surface area (Å²) in [6, 6.07) is 2.24. The second kappa shape index (κ2) is 7.01. The van der Waals surface area contributed by atoms with E-state index < -0.39 is 0 Å². The maximum atomic E-state index is 8.95. The minimum atomic E-state index is -0.0371. The molecule has 0 saturated carbocycles. The molecule has 0 fully saturated rings. The van der Waals surface area contributed by atoms with Crippen molar-refractivity contribution in [2.24, 2.45) is 5.92 Å². The fourth-order valence-corrected chi connectivity index (χ4v) is 1.90. The zero-order valence-corrected chi connectivity index (χ0v) is 12.8. The van der Waals surface area contributed by atoms with Crippen LogP contribution in [0.4, 0.5) is 11.9 Å². The van der Waals surface area contributed by atoms with E-state index in [0.29, 0.717) is 18.3 Å². The van der Waals surface area contributed by atoms with Crippen molar-refractivity contribution in [3.8, 4) is 6.07 Å². The molecule has 0 aliphatic heterocycles. The second-order valence-corrected chi connectivity index (χ2v) is 5.04. The van der Waals surface area contributed by atoms with Gasteiger partial charge in [0.25, 0.3) is 0 Å². The van der Waals surface area contributed by atoms with E-state index in [1.54, 1.807) is 4.90 Å². The lowest BCUT2D eigenvalue weighted by Gasteiger charge is -2.28. The van der Waals surface area contributed by atoms with Crippen molar-refractivity contribution in [3.05, 3.63) is 5.82 Å². The van der Waals surface area contributed by atoms with Gasteiger partial charge in [-0.3, -0.25) is 4.90 Å². The molecule has 2 N–H and O–H groups in total. The smallest absolute Gasteiger partial charge is 0.229 e. The van der Waals surface area contributed by atoms with Gasteiger partial charge in [0.1, 0.15) is 0 Å². The molecule has 1 aromatic heterocycles. The monoisotopic (exact) mass is 277 g/mol. The first-order chi connectivity index (χ1) is 9.38. The summed E-state index contributed by atoms with van der Waals surface area (Å²) in [5.41, 5.74) is 5.74. The zero-order valence-electron chi connectivity index (χ0n) is 12.8. The summed E-state index contributed by atoms with van der Waals surface area (Å²) in [6.45, 7) is 7.47. The largest absolute Gasteiger partial charge is 0.368 e. The first kappa shape index (κ1) is 16.1. The predicted octanol–water partition coefficient (Wildman–Crippen LogP) is 1.06. The molecule has 20 heavy (non-hydrogen) atoms. The summed E-state index contributed by atoms with van der Waals surface area (Å²) in [4.78, 5) is 16.7. The highest BCUT2D eigenvalue weighted by Crippen LogP contribution is 2.19. The summed E-state index contributed by atoms with van der Waals surface area (Å²) < 4.78 is 0. The lowest BCUT2D eigenvalue weighted by Crippen LogP contribution is -2.32. The number of nitrogen functional groups attached to an aromatic ring is 1. The van der Waals surface area contributed by atoms with Crippen molar-refractivity contribution in [2.45, 2.75) is 26.8 Å². The number of hydrogen-bond acceptors (Lipinski definition) is 7. The Balaban J connectivity index is 3.00. The molecule has 1 rings (SSSR count). The summed E-state index contributed by atoms with van der Waals surface area (Å²) in [7, 11) is 3.72. The molecular weight excluding hydrogens is 254 g/mol. The highest BCUT2D eigenvalue weighted by Gasteiger charge is 2.20. The highest BCUT2D eigenvalue weighted by molar-refractivity contribution is 5.33. The summed E-state index contributed by atoms with van der Waals surface area (Å²) in [5.74, 6) is 1.36. The van der Waals surface area contributed by atoms with E-state index in [2.05, 4.69) is 32.8 Å². The van der Waals surface area contributed by atoms with E-state index in [1.807, 2.05) is 27.9 Å². The van der Waals surface area contributed by atoms with Crippen LogP contribution in [0.15, 0.2) is 0 Å². The molecule has 7 heteroatoms. The number of anilines is 2. The molecule has 2 atom stereocenters. The average Bonchev–Trinajstić information content (AvgIpc) is 2.42. The normalized spacial score (nSPS) is 13.8. The van der Waals surface area contributed by atoms with Crippen molar-refractivity contribution < 1.29 is 0 Å². The lowest BCUT2D eigenvalue weighted by molar-refractivity contribution is 0.199. The van der Waals surface area contributed by atoms with Crippen molar-refractivity contribution >= 4 is 11.9 Å². The molecule has 110 valence electrons. The number of nitriles is 1. The third-order valence-electron chi connectivity index (χ3n) is 3.11. The summed E-state index contributed by atoms with van der Waals surface area (Å²) in [5, 5.41) is 8.95. The number of hydrogen-bond donors (Lipinski definition) is 1. The molecule has 1 heterocycles. The molecule has 0 saturated heterocycles. The summed E-state index contributed by atoms with van der Waals surface area (Å²) in [6.07, 6.45) is 0. The Morgan fingerprint density at radius 1 is 1.25 bits per heavy atom. The van der Waals surface area contributed by atoms with E-state index in [1.165, 1.54) is 0 Å². The molecule has 0 radical (unpaired) electrons. The van der Waals surface area contributed by atoms with Gasteiger partial charge in [0.15, 0.2) is 5.82 Å². The highest BCUT2D eigenvalue weighted by atomic mass is 15.3. The molecular formula is C13H23N7. The van der Waals surface area contributed by atoms with Gasteiger partial charge >= 0.3 is 0 Å². The Morgan fingerprint density at radius 3 is 2.40 bits per heavy atom. The Hall–Kier alpha value is -1.94. The molecule has 0 aliphatic rings. The van der Waals surface area contributed by atoms with E-state index in [-0.39, 0.29) is 17.9 Å². The maximum Gasteiger partial charge on any atom is 0.229 e. The average molecular weight is 277 g/mol. The third kappa shape index (κ3) is 4.03. The van der Waals surface area contributed by atoms with Crippen LogP contribution in [0.25, 0.3) is 0 Å². The number of rotatable bonds is 6. The van der Waals surface area contributed by atoms with Crippen LogP contribution >= 0.6 is 0 Å². The van der Waals surface area contributed by atoms with Crippen LogP contribution in [0.5, 0.6) is 0 Å². The van der Waals surface area contributed by atoms with E-state index in [4.69, 9.17) is 11.0 Å². The number of nitrogens with two attached hydrogens (primary N) is 1. The molecule has 0 amide bonds. The van der Waals surface area contributed by atoms with Crippen LogP contribution in [0.2, 0.25) is 0 Å². The van der Waals surface area contributed by atoms with Gasteiger partial charge in [-0.15, -0.1) is 0 Å². The van der Waals surface area contributed by atoms with Gasteiger partial charge < -0.3 is 10.6 Å². The Labute approximate surface area is 120 Å². The van der Waals surface area contributed by atoms with Gasteiger partial charge in [-0.05, 0) is 20.4 Å². The van der Waals surface area contributed by atoms with E-state index in [0.717, 1.165) is 6.54 Å². The number of nitrogens with zero attached hydrogens (tertiary/aromatic N) is 6. The fraction of sp³-hybridized carbons (Fsp3) is 0.692. The van der Waals surface area contributed by atoms with Crippen molar-refractivity contribution in [2.75, 3.05) is 37.8 Å². The van der Waals surface area contributed by atoms with Gasteiger partial charge in [-0.25, -0.2) is 0 Å². The number of aromatic nitrogens is 3. The second-order valence-electron chi connectivity index (χ2n) is 5.04. The van der Waals surface area contributed by atoms with Gasteiger partial charge in [0, 0.05) is 20.6 Å². The molecule has 0 aromatic carbocycles. The first-order valence-corrected chi connectivity index (χ1v) is 6.71. The Kier molecular flexibility index (Phi) is 5.65. The Bertz CT molecular complexity index is 480. The van der Waals surface area contributed by atoms with Crippen LogP contribution in [0.1, 0.15) is 32.6 Å². The maximum absolute atomic E-state index is 8.95. The lowest BCUT2D eigenvalue weighted by atomic mass is 10.1. The molecule has 1 aromatic rings. The van der Waals surface area contributed by atoms with Gasteiger partial charge in [-0.2, -0.15) is 20.2 Å². The van der Waals surface area contributed by atoms with E-state index in [9.17, 15) is 0 Å². The van der Waals surface area contributed by atoms with Crippen LogP contribution in [-0.2, 0) is 0 Å². The molecule has 0 bridgehead atoms. The topological polar surface area (TPSA) is 95.0 Å². The molecule has 7 nitrogen and oxygen atoms in total. The minimum Gasteiger partial charge on any atom is -0.368 e. The zero-order chi connectivity index (χ0) is 15.3. The van der Waals surface area contributed by atoms with Gasteiger partial charge in [0.05, 0.1) is 18.0 Å². The predicted molar refractivity (Wildman–Crippen MR) is 79.0 cm³/mol. The SMILES string of the molecule is CCN(C[C@@H](C)C#N)[C@H](C)c1nc(N)nc(N(C)C)n1. The van der Waals surface area contributed by atoms with Crippen molar-refractivity contribution in [1.82, 2.24) is 19.9 Å². The fourth-order valence-electron chi connectivity index (χ4n) is 1.90. The standard InChI is InChI=1S/C13H23N7/c1-6-20(8-9(2)7-14)10(3)11-16-12(15)18-13(17-11)19(4)5/h9-10H,6,8H2,1-5H3,(H2,15,16,17,18)/t9-,10+/m0/s1. The molecule has 0 aliphatic carbocycles. The molecule has 0 unspecified atom stereocenters. The van der Waals surface area contributed by atoms with Crippen LogP contribution in [0.3, 0.4) is 0 Å². The van der Waals surface area contributed by atoms with Crippen LogP contribution in [0, 0.1) is 17.2 Å². The quantitative estimate of drug-likeness (QED) is 0.830. The third-order valence-corrected chi connectivity index (χ3v) is 3.11. The van der Waals surface area contributed by atoms with Crippen molar-refractivity contribution in [1.29, 1.82) is 5.26 Å². The van der Waals surface area contributed by atoms with Crippen LogP contribution in [-0.4, -0.2) is 47.0 Å². The van der Waals surface area contributed by atoms with E-state index >= 15 is 0 Å². The minimum absolute atomic E-state index is 0.0141. The van der Waals surface area contributed by atoms with Crippen LogP contribution < -0.4 is 10.6 Å². The first-order valence-electron chi connectivity index (χ1n) is 6.71. The summed E-state index contributed by atoms with van der Waals surface area (Å²) >= 11 is 0.